The molecule has 0 bridgehead atoms. The number of amides is 1. The van der Waals surface area contributed by atoms with Gasteiger partial charge in [-0.2, -0.15) is 4.31 Å². The van der Waals surface area contributed by atoms with Gasteiger partial charge in [0.1, 0.15) is 4.88 Å². The van der Waals surface area contributed by atoms with Crippen LogP contribution >= 0.6 is 11.3 Å². The Labute approximate surface area is 197 Å². The van der Waals surface area contributed by atoms with Crippen LogP contribution in [0.3, 0.4) is 0 Å². The summed E-state index contributed by atoms with van der Waals surface area (Å²) in [6, 6.07) is 7.85. The third-order valence-corrected chi connectivity index (χ3v) is 8.91. The summed E-state index contributed by atoms with van der Waals surface area (Å²) in [5.74, 6) is -0.976. The predicted octanol–water partition coefficient (Wildman–Crippen LogP) is 3.22. The smallest absolute Gasteiger partial charge is 0.348 e. The molecule has 1 N–H and O–H groups in total. The Morgan fingerprint density at radius 1 is 1.03 bits per heavy atom. The average Bonchev–Trinajstić information content (AvgIpc) is 3.20. The first-order valence-corrected chi connectivity index (χ1v) is 13.5. The van der Waals surface area contributed by atoms with E-state index in [-0.39, 0.29) is 4.90 Å². The highest BCUT2D eigenvalue weighted by Gasteiger charge is 2.26. The number of hydrogen-bond donors (Lipinski definition) is 1. The van der Waals surface area contributed by atoms with Gasteiger partial charge in [0.05, 0.1) is 18.1 Å². The number of nitrogens with zero attached hydrogens (tertiary/aromatic N) is 1. The number of ether oxygens (including phenoxy) is 2. The number of sulfonamides is 1. The molecule has 0 atom stereocenters. The zero-order valence-electron chi connectivity index (χ0n) is 18.4. The van der Waals surface area contributed by atoms with E-state index < -0.39 is 28.5 Å². The lowest BCUT2D eigenvalue weighted by Crippen LogP contribution is -2.40. The summed E-state index contributed by atoms with van der Waals surface area (Å²) in [4.78, 5) is 26.6. The van der Waals surface area contributed by atoms with E-state index in [0.717, 1.165) is 25.7 Å². The molecule has 2 aliphatic rings. The van der Waals surface area contributed by atoms with Gasteiger partial charge in [-0.15, -0.1) is 11.3 Å². The fourth-order valence-corrected chi connectivity index (χ4v) is 6.55. The molecule has 0 saturated carbocycles. The third kappa shape index (κ3) is 6.00. The molecule has 10 heteroatoms. The minimum atomic E-state index is -3.59. The second kappa shape index (κ2) is 10.8. The van der Waals surface area contributed by atoms with E-state index in [4.69, 9.17) is 9.47 Å². The molecule has 178 valence electrons. The minimum absolute atomic E-state index is 0.155. The molecular formula is C23H28N2O6S2. The van der Waals surface area contributed by atoms with Crippen molar-refractivity contribution in [2.45, 2.75) is 43.4 Å². The zero-order valence-corrected chi connectivity index (χ0v) is 20.0. The molecule has 1 aliphatic carbocycles. The molecule has 33 heavy (non-hydrogen) atoms. The highest BCUT2D eigenvalue weighted by Crippen LogP contribution is 2.29. The number of carbonyl (C=O) groups excluding carboxylic acids is 2. The Bertz CT molecular complexity index is 1060. The molecule has 0 spiro atoms. The van der Waals surface area contributed by atoms with E-state index in [1.807, 2.05) is 6.07 Å². The van der Waals surface area contributed by atoms with Crippen LogP contribution in [0, 0.1) is 0 Å². The van der Waals surface area contributed by atoms with Gasteiger partial charge in [-0.3, -0.25) is 4.79 Å². The Hall–Kier alpha value is -2.27. The van der Waals surface area contributed by atoms with Crippen molar-refractivity contribution in [2.24, 2.45) is 0 Å². The van der Waals surface area contributed by atoms with Crippen LogP contribution in [0.4, 0.5) is 5.69 Å². The van der Waals surface area contributed by atoms with Gasteiger partial charge in [0.2, 0.25) is 10.0 Å². The maximum Gasteiger partial charge on any atom is 0.348 e. The Morgan fingerprint density at radius 2 is 1.73 bits per heavy atom. The first kappa shape index (κ1) is 23.9. The average molecular weight is 493 g/mol. The summed E-state index contributed by atoms with van der Waals surface area (Å²) >= 11 is 1.46. The topological polar surface area (TPSA) is 102 Å². The van der Waals surface area contributed by atoms with E-state index in [1.165, 1.54) is 63.2 Å². The van der Waals surface area contributed by atoms with Gasteiger partial charge in [-0.1, -0.05) is 12.8 Å². The maximum absolute atomic E-state index is 12.7. The van der Waals surface area contributed by atoms with E-state index in [0.29, 0.717) is 36.9 Å². The number of carbonyl (C=O) groups is 2. The molecule has 0 radical (unpaired) electrons. The third-order valence-electron chi connectivity index (χ3n) is 5.78. The molecule has 1 aromatic carbocycles. The van der Waals surface area contributed by atoms with Crippen LogP contribution < -0.4 is 5.32 Å². The lowest BCUT2D eigenvalue weighted by molar-refractivity contribution is -0.119. The number of fused-ring (bicyclic) bond motifs is 1. The zero-order chi connectivity index (χ0) is 23.3. The highest BCUT2D eigenvalue weighted by molar-refractivity contribution is 7.89. The molecule has 1 aromatic heterocycles. The second-order valence-electron chi connectivity index (χ2n) is 8.14. The van der Waals surface area contributed by atoms with Crippen LogP contribution in [0.2, 0.25) is 0 Å². The SMILES string of the molecule is O=C(COC(=O)c1cc2c(s1)CCCCCC2)Nc1ccc(S(=O)(=O)N2CCOCC2)cc1. The predicted molar refractivity (Wildman–Crippen MR) is 125 cm³/mol. The summed E-state index contributed by atoms with van der Waals surface area (Å²) < 4.78 is 37.1. The van der Waals surface area contributed by atoms with Crippen molar-refractivity contribution in [3.63, 3.8) is 0 Å². The lowest BCUT2D eigenvalue weighted by Gasteiger charge is -2.26. The first-order chi connectivity index (χ1) is 15.9. The molecule has 0 unspecified atom stereocenters. The van der Waals surface area contributed by atoms with Gasteiger partial charge >= 0.3 is 5.97 Å². The molecule has 1 saturated heterocycles. The van der Waals surface area contributed by atoms with Crippen molar-refractivity contribution in [1.29, 1.82) is 0 Å². The second-order valence-corrected chi connectivity index (χ2v) is 11.2. The lowest BCUT2D eigenvalue weighted by atomic mass is 10.00. The van der Waals surface area contributed by atoms with E-state index in [2.05, 4.69) is 5.32 Å². The molecule has 4 rings (SSSR count). The monoisotopic (exact) mass is 492 g/mol. The number of hydrogen-bond acceptors (Lipinski definition) is 7. The van der Waals surface area contributed by atoms with Gasteiger partial charge in [-0.25, -0.2) is 13.2 Å². The van der Waals surface area contributed by atoms with Crippen LogP contribution in [-0.4, -0.2) is 57.5 Å². The fourth-order valence-electron chi connectivity index (χ4n) is 3.99. The van der Waals surface area contributed by atoms with Crippen molar-refractivity contribution < 1.29 is 27.5 Å². The van der Waals surface area contributed by atoms with Crippen molar-refractivity contribution in [1.82, 2.24) is 4.31 Å². The standard InChI is InChI=1S/C23H28N2O6S2/c26-22(16-31-23(27)21-15-17-5-3-1-2-4-6-20(17)32-21)24-18-7-9-19(10-8-18)33(28,29)25-11-13-30-14-12-25/h7-10,15H,1-6,11-14,16H2,(H,24,26). The number of benzene rings is 1. The number of thiophene rings is 1. The van der Waals surface area contributed by atoms with E-state index in [1.54, 1.807) is 0 Å². The van der Waals surface area contributed by atoms with Crippen LogP contribution in [0.5, 0.6) is 0 Å². The molecule has 8 nitrogen and oxygen atoms in total. The largest absolute Gasteiger partial charge is 0.451 e. The van der Waals surface area contributed by atoms with Crippen molar-refractivity contribution in [3.8, 4) is 0 Å². The van der Waals surface area contributed by atoms with Crippen LogP contribution in [-0.2, 0) is 37.1 Å². The molecule has 2 aromatic rings. The number of nitrogens with one attached hydrogen (secondary N) is 1. The summed E-state index contributed by atoms with van der Waals surface area (Å²) in [5, 5.41) is 2.63. The van der Waals surface area contributed by atoms with Gasteiger partial charge in [-0.05, 0) is 61.6 Å². The fraction of sp³-hybridized carbons (Fsp3) is 0.478. The summed E-state index contributed by atoms with van der Waals surface area (Å²) in [6.45, 7) is 0.981. The van der Waals surface area contributed by atoms with Gasteiger partial charge in [0.25, 0.3) is 5.91 Å². The minimum Gasteiger partial charge on any atom is -0.451 e. The van der Waals surface area contributed by atoms with E-state index in [9.17, 15) is 18.0 Å². The Balaban J connectivity index is 1.30. The summed E-state index contributed by atoms with van der Waals surface area (Å²) in [6.07, 6.45) is 6.68. The van der Waals surface area contributed by atoms with Gasteiger partial charge in [0.15, 0.2) is 6.61 Å². The number of anilines is 1. The summed E-state index contributed by atoms with van der Waals surface area (Å²) in [7, 11) is -3.59. The Morgan fingerprint density at radius 3 is 2.45 bits per heavy atom. The van der Waals surface area contributed by atoms with Crippen LogP contribution in [0.1, 0.15) is 45.8 Å². The molecule has 1 amide bonds. The number of aryl methyl sites for hydroxylation is 2. The number of esters is 1. The van der Waals surface area contributed by atoms with E-state index >= 15 is 0 Å². The van der Waals surface area contributed by atoms with Gasteiger partial charge < -0.3 is 14.8 Å². The molecule has 2 heterocycles. The first-order valence-electron chi connectivity index (χ1n) is 11.2. The van der Waals surface area contributed by atoms with Crippen molar-refractivity contribution in [2.75, 3.05) is 38.2 Å². The normalized spacial score (nSPS) is 17.5. The van der Waals surface area contributed by atoms with Gasteiger partial charge in [0, 0.05) is 23.7 Å². The molecule has 1 aliphatic heterocycles. The van der Waals surface area contributed by atoms with Crippen molar-refractivity contribution in [3.05, 3.63) is 45.6 Å². The molecule has 1 fully saturated rings. The quantitative estimate of drug-likeness (QED) is 0.622. The Kier molecular flexibility index (Phi) is 7.79. The van der Waals surface area contributed by atoms with Crippen LogP contribution in [0.25, 0.3) is 0 Å². The number of morpholine rings is 1. The summed E-state index contributed by atoms with van der Waals surface area (Å²) in [5.41, 5.74) is 1.65. The van der Waals surface area contributed by atoms with Crippen molar-refractivity contribution >= 4 is 38.9 Å². The highest BCUT2D eigenvalue weighted by atomic mass is 32.2. The number of rotatable bonds is 6. The molecular weight excluding hydrogens is 464 g/mol. The van der Waals surface area contributed by atoms with Crippen LogP contribution in [0.15, 0.2) is 35.2 Å². The maximum atomic E-state index is 12.7.